The molecular formula is C27H27NO3. The van der Waals surface area contributed by atoms with Crippen molar-refractivity contribution in [3.05, 3.63) is 96.1 Å². The number of carbonyl (C=O) groups excluding carboxylic acids is 2. The molecule has 1 amide bonds. The highest BCUT2D eigenvalue weighted by Gasteiger charge is 2.23. The van der Waals surface area contributed by atoms with Crippen molar-refractivity contribution >= 4 is 11.9 Å². The lowest BCUT2D eigenvalue weighted by Gasteiger charge is -2.32. The Kier molecular flexibility index (Phi) is 6.78. The van der Waals surface area contributed by atoms with Gasteiger partial charge in [-0.3, -0.25) is 4.79 Å². The van der Waals surface area contributed by atoms with E-state index in [0.717, 1.165) is 43.5 Å². The van der Waals surface area contributed by atoms with Crippen LogP contribution in [-0.4, -0.2) is 36.5 Å². The lowest BCUT2D eigenvalue weighted by molar-refractivity contribution is -0.135. The Hall–Kier alpha value is -3.40. The van der Waals surface area contributed by atoms with Gasteiger partial charge in [-0.2, -0.15) is 0 Å². The van der Waals surface area contributed by atoms with Gasteiger partial charge in [0.05, 0.1) is 5.56 Å². The largest absolute Gasteiger partial charge is 0.452 e. The van der Waals surface area contributed by atoms with Crippen LogP contribution >= 0.6 is 0 Å². The molecule has 0 aliphatic carbocycles. The lowest BCUT2D eigenvalue weighted by atomic mass is 9.90. The third-order valence-corrected chi connectivity index (χ3v) is 5.89. The first-order chi connectivity index (χ1) is 15.2. The van der Waals surface area contributed by atoms with Gasteiger partial charge in [0, 0.05) is 13.1 Å². The molecule has 3 aromatic carbocycles. The Labute approximate surface area is 183 Å². The van der Waals surface area contributed by atoms with Crippen molar-refractivity contribution in [1.29, 1.82) is 0 Å². The van der Waals surface area contributed by atoms with Crippen molar-refractivity contribution in [1.82, 2.24) is 4.90 Å². The molecule has 4 rings (SSSR count). The number of hydrogen-bond donors (Lipinski definition) is 0. The molecule has 0 aromatic heterocycles. The second-order valence-corrected chi connectivity index (χ2v) is 8.03. The van der Waals surface area contributed by atoms with Crippen LogP contribution in [0.3, 0.4) is 0 Å². The molecule has 0 N–H and O–H groups in total. The number of carbonyl (C=O) groups is 2. The van der Waals surface area contributed by atoms with Crippen LogP contribution in [0.5, 0.6) is 0 Å². The van der Waals surface area contributed by atoms with Gasteiger partial charge >= 0.3 is 5.97 Å². The van der Waals surface area contributed by atoms with Gasteiger partial charge in [-0.1, -0.05) is 72.8 Å². The minimum Gasteiger partial charge on any atom is -0.452 e. The van der Waals surface area contributed by atoms with E-state index < -0.39 is 5.97 Å². The fourth-order valence-corrected chi connectivity index (χ4v) is 4.07. The molecule has 0 atom stereocenters. The summed E-state index contributed by atoms with van der Waals surface area (Å²) in [6.07, 6.45) is 3.02. The van der Waals surface area contributed by atoms with E-state index >= 15 is 0 Å². The minimum absolute atomic E-state index is 0.118. The summed E-state index contributed by atoms with van der Waals surface area (Å²) in [5.74, 6) is 0.0106. The van der Waals surface area contributed by atoms with Crippen LogP contribution in [0.1, 0.15) is 28.8 Å². The zero-order valence-electron chi connectivity index (χ0n) is 17.6. The first-order valence-electron chi connectivity index (χ1n) is 10.8. The van der Waals surface area contributed by atoms with Gasteiger partial charge in [0.15, 0.2) is 6.61 Å². The molecule has 1 fully saturated rings. The SMILES string of the molecule is O=C(OCC(=O)N1CCC(Cc2ccccc2)CC1)c1ccc(-c2ccccc2)cc1. The Morgan fingerprint density at radius 1 is 0.774 bits per heavy atom. The summed E-state index contributed by atoms with van der Waals surface area (Å²) in [6.45, 7) is 1.24. The standard InChI is InChI=1S/C27H27NO3/c29-26(28-17-15-22(16-18-28)19-21-7-3-1-4-8-21)20-31-27(30)25-13-11-24(12-14-25)23-9-5-2-6-10-23/h1-14,22H,15-20H2. The van der Waals surface area contributed by atoms with Crippen LogP contribution in [-0.2, 0) is 16.0 Å². The molecule has 1 heterocycles. The van der Waals surface area contributed by atoms with E-state index in [4.69, 9.17) is 4.74 Å². The van der Waals surface area contributed by atoms with Crippen molar-refractivity contribution in [2.75, 3.05) is 19.7 Å². The summed E-state index contributed by atoms with van der Waals surface area (Å²) in [7, 11) is 0. The number of rotatable bonds is 6. The molecule has 4 nitrogen and oxygen atoms in total. The van der Waals surface area contributed by atoms with Crippen molar-refractivity contribution in [2.24, 2.45) is 5.92 Å². The second kappa shape index (κ2) is 10.1. The smallest absolute Gasteiger partial charge is 0.338 e. The Bertz CT molecular complexity index is 992. The maximum absolute atomic E-state index is 12.5. The number of amides is 1. The van der Waals surface area contributed by atoms with Crippen molar-refractivity contribution in [3.8, 4) is 11.1 Å². The number of likely N-dealkylation sites (tertiary alicyclic amines) is 1. The summed E-state index contributed by atoms with van der Waals surface area (Å²) in [4.78, 5) is 26.6. The molecule has 0 unspecified atom stereocenters. The molecule has 3 aromatic rings. The Balaban J connectivity index is 1.23. The van der Waals surface area contributed by atoms with Gasteiger partial charge in [-0.15, -0.1) is 0 Å². The maximum atomic E-state index is 12.5. The molecule has 0 saturated carbocycles. The molecule has 31 heavy (non-hydrogen) atoms. The highest BCUT2D eigenvalue weighted by atomic mass is 16.5. The Morgan fingerprint density at radius 3 is 2.00 bits per heavy atom. The number of hydrogen-bond acceptors (Lipinski definition) is 3. The number of nitrogens with zero attached hydrogens (tertiary/aromatic N) is 1. The summed E-state index contributed by atoms with van der Waals surface area (Å²) < 4.78 is 5.28. The number of benzene rings is 3. The average molecular weight is 414 g/mol. The van der Waals surface area contributed by atoms with E-state index in [2.05, 4.69) is 24.3 Å². The van der Waals surface area contributed by atoms with Gasteiger partial charge in [0.1, 0.15) is 0 Å². The van der Waals surface area contributed by atoms with E-state index in [9.17, 15) is 9.59 Å². The van der Waals surface area contributed by atoms with Crippen LogP contribution in [0.4, 0.5) is 0 Å². The van der Waals surface area contributed by atoms with E-state index in [1.165, 1.54) is 5.56 Å². The first kappa shape index (κ1) is 20.9. The van der Waals surface area contributed by atoms with Gasteiger partial charge in [0.2, 0.25) is 0 Å². The maximum Gasteiger partial charge on any atom is 0.338 e. The van der Waals surface area contributed by atoms with Gasteiger partial charge < -0.3 is 9.64 Å². The molecule has 1 aliphatic rings. The van der Waals surface area contributed by atoms with Crippen LogP contribution in [0.2, 0.25) is 0 Å². The van der Waals surface area contributed by atoms with Crippen molar-refractivity contribution < 1.29 is 14.3 Å². The molecule has 1 aliphatic heterocycles. The van der Waals surface area contributed by atoms with E-state index in [-0.39, 0.29) is 12.5 Å². The molecule has 0 spiro atoms. The summed E-state index contributed by atoms with van der Waals surface area (Å²) in [5, 5.41) is 0. The third kappa shape index (κ3) is 5.60. The van der Waals surface area contributed by atoms with Crippen molar-refractivity contribution in [3.63, 3.8) is 0 Å². The third-order valence-electron chi connectivity index (χ3n) is 5.89. The summed E-state index contributed by atoms with van der Waals surface area (Å²) >= 11 is 0. The van der Waals surface area contributed by atoms with Crippen LogP contribution in [0.15, 0.2) is 84.9 Å². The van der Waals surface area contributed by atoms with Gasteiger partial charge in [-0.25, -0.2) is 4.79 Å². The number of esters is 1. The Morgan fingerprint density at radius 2 is 1.35 bits per heavy atom. The van der Waals surface area contributed by atoms with Gasteiger partial charge in [-0.05, 0) is 54.0 Å². The van der Waals surface area contributed by atoms with Crippen LogP contribution in [0, 0.1) is 5.92 Å². The number of ether oxygens (including phenoxy) is 1. The topological polar surface area (TPSA) is 46.6 Å². The fourth-order valence-electron chi connectivity index (χ4n) is 4.07. The van der Waals surface area contributed by atoms with E-state index in [1.807, 2.05) is 53.4 Å². The lowest BCUT2D eigenvalue weighted by Crippen LogP contribution is -2.41. The molecule has 158 valence electrons. The second-order valence-electron chi connectivity index (χ2n) is 8.03. The zero-order chi connectivity index (χ0) is 21.5. The molecule has 0 bridgehead atoms. The van der Waals surface area contributed by atoms with E-state index in [0.29, 0.717) is 11.5 Å². The fraction of sp³-hybridized carbons (Fsp3) is 0.259. The predicted octanol–water partition coefficient (Wildman–Crippen LogP) is 4.99. The highest BCUT2D eigenvalue weighted by molar-refractivity contribution is 5.91. The van der Waals surface area contributed by atoms with Gasteiger partial charge in [0.25, 0.3) is 5.91 Å². The minimum atomic E-state index is -0.466. The normalized spacial score (nSPS) is 14.3. The first-order valence-corrected chi connectivity index (χ1v) is 10.8. The quantitative estimate of drug-likeness (QED) is 0.535. The van der Waals surface area contributed by atoms with Crippen molar-refractivity contribution in [2.45, 2.75) is 19.3 Å². The molecule has 1 saturated heterocycles. The summed E-state index contributed by atoms with van der Waals surface area (Å²) in [5.41, 5.74) is 3.92. The van der Waals surface area contributed by atoms with E-state index in [1.54, 1.807) is 12.1 Å². The van der Waals surface area contributed by atoms with Crippen LogP contribution < -0.4 is 0 Å². The molecule has 0 radical (unpaired) electrons. The summed E-state index contributed by atoms with van der Waals surface area (Å²) in [6, 6.07) is 27.7. The zero-order valence-corrected chi connectivity index (χ0v) is 17.6. The molecule has 4 heteroatoms. The molecular weight excluding hydrogens is 386 g/mol. The van der Waals surface area contributed by atoms with Crippen LogP contribution in [0.25, 0.3) is 11.1 Å². The predicted molar refractivity (Wildman–Crippen MR) is 122 cm³/mol. The average Bonchev–Trinajstić information content (AvgIpc) is 2.84. The number of piperidine rings is 1. The highest BCUT2D eigenvalue weighted by Crippen LogP contribution is 2.22. The monoisotopic (exact) mass is 413 g/mol.